The van der Waals surface area contributed by atoms with E-state index in [9.17, 15) is 0 Å². The molecule has 0 atom stereocenters. The molecule has 0 saturated carbocycles. The molecule has 0 bridgehead atoms. The molecule has 3 rings (SSSR count). The number of hydrogen-bond donors (Lipinski definition) is 1. The van der Waals surface area contributed by atoms with Crippen molar-refractivity contribution in [3.05, 3.63) is 23.8 Å². The summed E-state index contributed by atoms with van der Waals surface area (Å²) in [4.78, 5) is 2.53. The first-order valence-corrected chi connectivity index (χ1v) is 7.02. The van der Waals surface area contributed by atoms with Gasteiger partial charge in [0.2, 0.25) is 0 Å². The Balaban J connectivity index is 1.80. The summed E-state index contributed by atoms with van der Waals surface area (Å²) in [6.07, 6.45) is 5.21. The lowest BCUT2D eigenvalue weighted by Crippen LogP contribution is -2.37. The second kappa shape index (κ2) is 5.19. The summed E-state index contributed by atoms with van der Waals surface area (Å²) in [5, 5.41) is 3.51. The number of fused-ring (bicyclic) bond motifs is 1. The Labute approximate surface area is 109 Å². The van der Waals surface area contributed by atoms with Gasteiger partial charge >= 0.3 is 0 Å². The SMILES string of the molecule is COC1CCN(c2cccc3c2CCCN3)CC1. The molecule has 0 radical (unpaired) electrons. The highest BCUT2D eigenvalue weighted by molar-refractivity contribution is 5.68. The molecule has 1 saturated heterocycles. The van der Waals surface area contributed by atoms with Crippen molar-refractivity contribution in [2.75, 3.05) is 37.0 Å². The van der Waals surface area contributed by atoms with Crippen LogP contribution in [0.4, 0.5) is 11.4 Å². The lowest BCUT2D eigenvalue weighted by Gasteiger charge is -2.35. The van der Waals surface area contributed by atoms with Gasteiger partial charge in [0.05, 0.1) is 6.10 Å². The van der Waals surface area contributed by atoms with E-state index >= 15 is 0 Å². The summed E-state index contributed by atoms with van der Waals surface area (Å²) in [5.74, 6) is 0. The number of nitrogens with one attached hydrogen (secondary N) is 1. The maximum Gasteiger partial charge on any atom is 0.0605 e. The van der Waals surface area contributed by atoms with Crippen molar-refractivity contribution in [2.45, 2.75) is 31.8 Å². The van der Waals surface area contributed by atoms with E-state index in [1.165, 1.54) is 29.8 Å². The number of anilines is 2. The Bertz CT molecular complexity index is 411. The minimum absolute atomic E-state index is 0.457. The maximum absolute atomic E-state index is 5.45. The fourth-order valence-corrected chi connectivity index (χ4v) is 3.12. The first kappa shape index (κ1) is 11.8. The minimum atomic E-state index is 0.457. The largest absolute Gasteiger partial charge is 0.385 e. The molecule has 98 valence electrons. The molecule has 1 aromatic rings. The normalized spacial score (nSPS) is 20.4. The molecule has 3 nitrogen and oxygen atoms in total. The number of nitrogens with zero attached hydrogens (tertiary/aromatic N) is 1. The zero-order chi connectivity index (χ0) is 12.4. The van der Waals surface area contributed by atoms with Crippen LogP contribution in [-0.2, 0) is 11.2 Å². The Morgan fingerprint density at radius 3 is 2.89 bits per heavy atom. The summed E-state index contributed by atoms with van der Waals surface area (Å²) in [6.45, 7) is 3.35. The van der Waals surface area contributed by atoms with E-state index in [0.29, 0.717) is 6.10 Å². The van der Waals surface area contributed by atoms with E-state index in [4.69, 9.17) is 4.74 Å². The third kappa shape index (κ3) is 2.19. The summed E-state index contributed by atoms with van der Waals surface area (Å²) < 4.78 is 5.45. The number of rotatable bonds is 2. The molecule has 18 heavy (non-hydrogen) atoms. The number of hydrogen-bond acceptors (Lipinski definition) is 3. The topological polar surface area (TPSA) is 24.5 Å². The molecule has 2 aliphatic rings. The fourth-order valence-electron chi connectivity index (χ4n) is 3.12. The van der Waals surface area contributed by atoms with E-state index in [0.717, 1.165) is 32.5 Å². The van der Waals surface area contributed by atoms with Gasteiger partial charge in [0.25, 0.3) is 0 Å². The molecule has 2 heterocycles. The molecular weight excluding hydrogens is 224 g/mol. The van der Waals surface area contributed by atoms with Gasteiger partial charge in [-0.1, -0.05) is 6.07 Å². The molecule has 1 N–H and O–H groups in total. The van der Waals surface area contributed by atoms with Crippen LogP contribution in [0.3, 0.4) is 0 Å². The Morgan fingerprint density at radius 2 is 2.11 bits per heavy atom. The average Bonchev–Trinajstić information content (AvgIpc) is 2.47. The van der Waals surface area contributed by atoms with Crippen LogP contribution in [-0.4, -0.2) is 32.8 Å². The van der Waals surface area contributed by atoms with E-state index in [2.05, 4.69) is 28.4 Å². The third-order valence-corrected chi connectivity index (χ3v) is 4.19. The molecule has 3 heteroatoms. The number of piperidine rings is 1. The number of ether oxygens (including phenoxy) is 1. The smallest absolute Gasteiger partial charge is 0.0605 e. The second-order valence-electron chi connectivity index (χ2n) is 5.26. The van der Waals surface area contributed by atoms with Gasteiger partial charge in [-0.2, -0.15) is 0 Å². The van der Waals surface area contributed by atoms with E-state index in [1.807, 2.05) is 7.11 Å². The molecule has 0 aromatic heterocycles. The lowest BCUT2D eigenvalue weighted by atomic mass is 9.99. The van der Waals surface area contributed by atoms with Crippen LogP contribution in [0.15, 0.2) is 18.2 Å². The van der Waals surface area contributed by atoms with E-state index in [1.54, 1.807) is 0 Å². The van der Waals surface area contributed by atoms with Crippen molar-refractivity contribution >= 4 is 11.4 Å². The summed E-state index contributed by atoms with van der Waals surface area (Å²) in [7, 11) is 1.83. The summed E-state index contributed by atoms with van der Waals surface area (Å²) in [5.41, 5.74) is 4.29. The minimum Gasteiger partial charge on any atom is -0.385 e. The number of methoxy groups -OCH3 is 1. The Kier molecular flexibility index (Phi) is 3.41. The molecule has 0 unspecified atom stereocenters. The zero-order valence-corrected chi connectivity index (χ0v) is 11.1. The van der Waals surface area contributed by atoms with Crippen LogP contribution in [0.2, 0.25) is 0 Å². The van der Waals surface area contributed by atoms with Crippen molar-refractivity contribution in [1.29, 1.82) is 0 Å². The predicted molar refractivity (Wildman–Crippen MR) is 75.5 cm³/mol. The summed E-state index contributed by atoms with van der Waals surface area (Å²) >= 11 is 0. The molecule has 0 spiro atoms. The predicted octanol–water partition coefficient (Wildman–Crippen LogP) is 2.66. The van der Waals surface area contributed by atoms with Crippen molar-refractivity contribution < 1.29 is 4.74 Å². The van der Waals surface area contributed by atoms with Gasteiger partial charge in [-0.3, -0.25) is 0 Å². The molecule has 1 aromatic carbocycles. The van der Waals surface area contributed by atoms with Gasteiger partial charge in [0.15, 0.2) is 0 Å². The standard InChI is InChI=1S/C15H22N2O/c1-18-12-7-10-17(11-8-12)15-6-2-5-14-13(15)4-3-9-16-14/h2,5-6,12,16H,3-4,7-11H2,1H3. The number of benzene rings is 1. The molecule has 0 aliphatic carbocycles. The Morgan fingerprint density at radius 1 is 1.28 bits per heavy atom. The van der Waals surface area contributed by atoms with Gasteiger partial charge in [-0.25, -0.2) is 0 Å². The van der Waals surface area contributed by atoms with Gasteiger partial charge in [-0.05, 0) is 43.4 Å². The van der Waals surface area contributed by atoms with Crippen LogP contribution in [0.5, 0.6) is 0 Å². The molecule has 0 amide bonds. The van der Waals surface area contributed by atoms with Gasteiger partial charge in [0, 0.05) is 38.1 Å². The summed E-state index contributed by atoms with van der Waals surface area (Å²) in [6, 6.07) is 6.66. The van der Waals surface area contributed by atoms with Crippen LogP contribution in [0, 0.1) is 0 Å². The quantitative estimate of drug-likeness (QED) is 0.868. The third-order valence-electron chi connectivity index (χ3n) is 4.19. The second-order valence-corrected chi connectivity index (χ2v) is 5.26. The molecule has 1 fully saturated rings. The van der Waals surface area contributed by atoms with Gasteiger partial charge in [0.1, 0.15) is 0 Å². The zero-order valence-electron chi connectivity index (χ0n) is 11.1. The van der Waals surface area contributed by atoms with Crippen LogP contribution >= 0.6 is 0 Å². The van der Waals surface area contributed by atoms with Crippen molar-refractivity contribution in [1.82, 2.24) is 0 Å². The average molecular weight is 246 g/mol. The van der Waals surface area contributed by atoms with Crippen molar-refractivity contribution in [3.63, 3.8) is 0 Å². The molecular formula is C15H22N2O. The highest BCUT2D eigenvalue weighted by Gasteiger charge is 2.22. The van der Waals surface area contributed by atoms with Gasteiger partial charge in [-0.15, -0.1) is 0 Å². The molecule has 2 aliphatic heterocycles. The van der Waals surface area contributed by atoms with Crippen molar-refractivity contribution in [3.8, 4) is 0 Å². The Hall–Kier alpha value is -1.22. The van der Waals surface area contributed by atoms with Crippen molar-refractivity contribution in [2.24, 2.45) is 0 Å². The lowest BCUT2D eigenvalue weighted by molar-refractivity contribution is 0.0819. The maximum atomic E-state index is 5.45. The fraction of sp³-hybridized carbons (Fsp3) is 0.600. The monoisotopic (exact) mass is 246 g/mol. The van der Waals surface area contributed by atoms with E-state index < -0.39 is 0 Å². The van der Waals surface area contributed by atoms with Crippen LogP contribution in [0.25, 0.3) is 0 Å². The van der Waals surface area contributed by atoms with Crippen LogP contribution in [0.1, 0.15) is 24.8 Å². The first-order chi connectivity index (χ1) is 8.88. The van der Waals surface area contributed by atoms with E-state index in [-0.39, 0.29) is 0 Å². The first-order valence-electron chi connectivity index (χ1n) is 7.02. The highest BCUT2D eigenvalue weighted by Crippen LogP contribution is 2.33. The highest BCUT2D eigenvalue weighted by atomic mass is 16.5. The van der Waals surface area contributed by atoms with Crippen LogP contribution < -0.4 is 10.2 Å². The van der Waals surface area contributed by atoms with Gasteiger partial charge < -0.3 is 15.0 Å².